The van der Waals surface area contributed by atoms with Crippen molar-refractivity contribution in [1.29, 1.82) is 0 Å². The molecule has 0 bridgehead atoms. The number of ether oxygens (including phenoxy) is 1. The number of methoxy groups -OCH3 is 1. The van der Waals surface area contributed by atoms with Crippen LogP contribution < -0.4 is 10.1 Å². The normalized spacial score (nSPS) is 13.9. The van der Waals surface area contributed by atoms with Crippen LogP contribution in [0.4, 0.5) is 5.95 Å². The van der Waals surface area contributed by atoms with Crippen LogP contribution in [0.2, 0.25) is 0 Å². The molecule has 3 rings (SSSR count). The number of rotatable bonds is 4. The number of aryl methyl sites for hydroxylation is 1. The molecule has 1 aliphatic rings. The standard InChI is InChI=1S/C14H19N5O/c1-10-11(7-15-9-12(10)20-2)8-16-14-18-17-13-5-3-4-6-19(13)14/h7,9H,3-6,8H2,1-2H3,(H,16,18). The average molecular weight is 273 g/mol. The van der Waals surface area contributed by atoms with Gasteiger partial charge >= 0.3 is 0 Å². The third-order valence-corrected chi connectivity index (χ3v) is 3.79. The van der Waals surface area contributed by atoms with Crippen molar-refractivity contribution in [2.24, 2.45) is 0 Å². The van der Waals surface area contributed by atoms with Crippen LogP contribution in [0.15, 0.2) is 12.4 Å². The van der Waals surface area contributed by atoms with Gasteiger partial charge in [-0.25, -0.2) is 0 Å². The summed E-state index contributed by atoms with van der Waals surface area (Å²) in [5, 5.41) is 11.8. The Hall–Kier alpha value is -2.11. The first-order chi connectivity index (χ1) is 9.79. The van der Waals surface area contributed by atoms with Gasteiger partial charge in [0.05, 0.1) is 13.3 Å². The first-order valence-corrected chi connectivity index (χ1v) is 6.93. The Balaban J connectivity index is 1.75. The molecule has 0 aromatic carbocycles. The minimum Gasteiger partial charge on any atom is -0.495 e. The van der Waals surface area contributed by atoms with Gasteiger partial charge < -0.3 is 10.1 Å². The molecular formula is C14H19N5O. The minimum atomic E-state index is 0.675. The van der Waals surface area contributed by atoms with Crippen LogP contribution in [0.25, 0.3) is 0 Å². The Morgan fingerprint density at radius 1 is 1.30 bits per heavy atom. The lowest BCUT2D eigenvalue weighted by Crippen LogP contribution is -2.14. The van der Waals surface area contributed by atoms with E-state index in [1.807, 2.05) is 13.1 Å². The van der Waals surface area contributed by atoms with E-state index in [9.17, 15) is 0 Å². The van der Waals surface area contributed by atoms with E-state index in [1.165, 1.54) is 12.8 Å². The van der Waals surface area contributed by atoms with Crippen LogP contribution in [0, 0.1) is 6.92 Å². The SMILES string of the molecule is COc1cncc(CNc2nnc3n2CCCC3)c1C. The predicted molar refractivity (Wildman–Crippen MR) is 75.8 cm³/mol. The van der Waals surface area contributed by atoms with Gasteiger partial charge in [0.2, 0.25) is 5.95 Å². The summed E-state index contributed by atoms with van der Waals surface area (Å²) in [5.41, 5.74) is 2.21. The molecular weight excluding hydrogens is 254 g/mol. The Morgan fingerprint density at radius 2 is 2.20 bits per heavy atom. The van der Waals surface area contributed by atoms with Crippen LogP contribution >= 0.6 is 0 Å². The van der Waals surface area contributed by atoms with Crippen molar-refractivity contribution in [2.45, 2.75) is 39.3 Å². The van der Waals surface area contributed by atoms with Crippen LogP contribution in [-0.4, -0.2) is 26.9 Å². The lowest BCUT2D eigenvalue weighted by Gasteiger charge is -2.16. The third-order valence-electron chi connectivity index (χ3n) is 3.79. The van der Waals surface area contributed by atoms with E-state index in [2.05, 4.69) is 25.1 Å². The van der Waals surface area contributed by atoms with E-state index in [1.54, 1.807) is 13.3 Å². The van der Waals surface area contributed by atoms with Gasteiger partial charge in [-0.05, 0) is 30.9 Å². The van der Waals surface area contributed by atoms with Gasteiger partial charge in [0, 0.05) is 25.7 Å². The van der Waals surface area contributed by atoms with Crippen LogP contribution in [-0.2, 0) is 19.5 Å². The van der Waals surface area contributed by atoms with E-state index < -0.39 is 0 Å². The van der Waals surface area contributed by atoms with E-state index in [4.69, 9.17) is 4.74 Å². The maximum absolute atomic E-state index is 5.29. The van der Waals surface area contributed by atoms with Crippen molar-refractivity contribution >= 4 is 5.95 Å². The van der Waals surface area contributed by atoms with E-state index in [0.29, 0.717) is 6.54 Å². The van der Waals surface area contributed by atoms with Gasteiger partial charge in [-0.15, -0.1) is 10.2 Å². The summed E-state index contributed by atoms with van der Waals surface area (Å²) in [7, 11) is 1.66. The molecule has 0 aliphatic carbocycles. The topological polar surface area (TPSA) is 64.9 Å². The van der Waals surface area contributed by atoms with Gasteiger partial charge in [0.15, 0.2) is 0 Å². The van der Waals surface area contributed by atoms with Crippen LogP contribution in [0.5, 0.6) is 5.75 Å². The molecule has 106 valence electrons. The zero-order valence-electron chi connectivity index (χ0n) is 11.9. The number of hydrogen-bond donors (Lipinski definition) is 1. The zero-order chi connectivity index (χ0) is 13.9. The molecule has 0 radical (unpaired) electrons. The van der Waals surface area contributed by atoms with E-state index in [0.717, 1.165) is 41.6 Å². The molecule has 6 nitrogen and oxygen atoms in total. The van der Waals surface area contributed by atoms with Crippen molar-refractivity contribution in [3.63, 3.8) is 0 Å². The van der Waals surface area contributed by atoms with E-state index in [-0.39, 0.29) is 0 Å². The van der Waals surface area contributed by atoms with E-state index >= 15 is 0 Å². The molecule has 2 aromatic heterocycles. The average Bonchev–Trinajstić information content (AvgIpc) is 2.89. The highest BCUT2D eigenvalue weighted by atomic mass is 16.5. The van der Waals surface area contributed by atoms with Gasteiger partial charge in [-0.3, -0.25) is 9.55 Å². The Kier molecular flexibility index (Phi) is 3.54. The van der Waals surface area contributed by atoms with Crippen molar-refractivity contribution < 1.29 is 4.74 Å². The summed E-state index contributed by atoms with van der Waals surface area (Å²) in [5.74, 6) is 2.74. The number of hydrogen-bond acceptors (Lipinski definition) is 5. The summed E-state index contributed by atoms with van der Waals surface area (Å²) in [6.07, 6.45) is 7.01. The second-order valence-corrected chi connectivity index (χ2v) is 5.03. The first kappa shape index (κ1) is 12.9. The predicted octanol–water partition coefficient (Wildman–Crippen LogP) is 1.94. The summed E-state index contributed by atoms with van der Waals surface area (Å²) in [6.45, 7) is 3.71. The number of nitrogens with one attached hydrogen (secondary N) is 1. The number of pyridine rings is 1. The molecule has 2 aromatic rings. The lowest BCUT2D eigenvalue weighted by molar-refractivity contribution is 0.409. The van der Waals surface area contributed by atoms with Gasteiger partial charge in [0.1, 0.15) is 11.6 Å². The van der Waals surface area contributed by atoms with Gasteiger partial charge in [-0.2, -0.15) is 0 Å². The van der Waals surface area contributed by atoms with Crippen molar-refractivity contribution in [2.75, 3.05) is 12.4 Å². The van der Waals surface area contributed by atoms with Crippen molar-refractivity contribution in [3.05, 3.63) is 29.3 Å². The highest BCUT2D eigenvalue weighted by molar-refractivity contribution is 5.38. The summed E-state index contributed by atoms with van der Waals surface area (Å²) >= 11 is 0. The first-order valence-electron chi connectivity index (χ1n) is 6.93. The molecule has 0 amide bonds. The number of anilines is 1. The molecule has 0 unspecified atom stereocenters. The molecule has 6 heteroatoms. The Morgan fingerprint density at radius 3 is 3.05 bits per heavy atom. The number of fused-ring (bicyclic) bond motifs is 1. The quantitative estimate of drug-likeness (QED) is 0.922. The minimum absolute atomic E-state index is 0.675. The molecule has 0 saturated carbocycles. The van der Waals surface area contributed by atoms with Crippen LogP contribution in [0.1, 0.15) is 29.8 Å². The maximum atomic E-state index is 5.29. The fraction of sp³-hybridized carbons (Fsp3) is 0.500. The zero-order valence-corrected chi connectivity index (χ0v) is 11.9. The number of nitrogens with zero attached hydrogens (tertiary/aromatic N) is 4. The molecule has 1 aliphatic heterocycles. The smallest absolute Gasteiger partial charge is 0.224 e. The molecule has 20 heavy (non-hydrogen) atoms. The molecule has 0 spiro atoms. The summed E-state index contributed by atoms with van der Waals surface area (Å²) in [6, 6.07) is 0. The van der Waals surface area contributed by atoms with Crippen molar-refractivity contribution in [1.82, 2.24) is 19.7 Å². The summed E-state index contributed by atoms with van der Waals surface area (Å²) < 4.78 is 7.46. The molecule has 0 atom stereocenters. The highest BCUT2D eigenvalue weighted by Gasteiger charge is 2.15. The molecule has 3 heterocycles. The monoisotopic (exact) mass is 273 g/mol. The van der Waals surface area contributed by atoms with Gasteiger partial charge in [0.25, 0.3) is 0 Å². The number of aromatic nitrogens is 4. The second kappa shape index (κ2) is 5.48. The Labute approximate surface area is 118 Å². The Bertz CT molecular complexity index is 608. The maximum Gasteiger partial charge on any atom is 0.224 e. The fourth-order valence-electron chi connectivity index (χ4n) is 2.54. The second-order valence-electron chi connectivity index (χ2n) is 5.03. The van der Waals surface area contributed by atoms with Gasteiger partial charge in [-0.1, -0.05) is 0 Å². The molecule has 0 fully saturated rings. The van der Waals surface area contributed by atoms with Crippen LogP contribution in [0.3, 0.4) is 0 Å². The fourth-order valence-corrected chi connectivity index (χ4v) is 2.54. The highest BCUT2D eigenvalue weighted by Crippen LogP contribution is 2.21. The van der Waals surface area contributed by atoms with Crippen molar-refractivity contribution in [3.8, 4) is 5.75 Å². The molecule has 1 N–H and O–H groups in total. The largest absolute Gasteiger partial charge is 0.495 e. The third kappa shape index (κ3) is 2.33. The summed E-state index contributed by atoms with van der Waals surface area (Å²) in [4.78, 5) is 4.20. The lowest BCUT2D eigenvalue weighted by atomic mass is 10.1. The molecule has 0 saturated heterocycles.